The molecule has 0 saturated heterocycles. The van der Waals surface area contributed by atoms with E-state index in [4.69, 9.17) is 9.47 Å². The number of thiazole rings is 1. The Labute approximate surface area is 167 Å². The van der Waals surface area contributed by atoms with Crippen molar-refractivity contribution in [1.82, 2.24) is 4.98 Å². The van der Waals surface area contributed by atoms with Gasteiger partial charge in [-0.05, 0) is 24.3 Å². The van der Waals surface area contributed by atoms with Gasteiger partial charge in [0.2, 0.25) is 0 Å². The van der Waals surface area contributed by atoms with Gasteiger partial charge in [-0.3, -0.25) is 4.79 Å². The second-order valence-corrected chi connectivity index (χ2v) is 6.72. The summed E-state index contributed by atoms with van der Waals surface area (Å²) in [6.45, 7) is 0. The SMILES string of the molecule is COc1cccc(-c2nc(C(=O)Nc3ccc4c(c3)OC(F)(F)O4)cs2)c1OC. The minimum atomic E-state index is -3.72. The highest BCUT2D eigenvalue weighted by atomic mass is 32.1. The van der Waals surface area contributed by atoms with Crippen LogP contribution in [-0.2, 0) is 0 Å². The van der Waals surface area contributed by atoms with Crippen LogP contribution < -0.4 is 24.3 Å². The third-order valence-corrected chi connectivity index (χ3v) is 4.90. The number of amides is 1. The molecule has 1 amide bonds. The Bertz CT molecular complexity index is 1090. The predicted molar refractivity (Wildman–Crippen MR) is 101 cm³/mol. The molecule has 2 aromatic carbocycles. The van der Waals surface area contributed by atoms with E-state index in [-0.39, 0.29) is 22.9 Å². The first-order valence-corrected chi connectivity index (χ1v) is 9.16. The fraction of sp³-hybridized carbons (Fsp3) is 0.158. The number of nitrogens with one attached hydrogen (secondary N) is 1. The highest BCUT2D eigenvalue weighted by Gasteiger charge is 2.43. The van der Waals surface area contributed by atoms with Crippen molar-refractivity contribution in [3.8, 4) is 33.6 Å². The van der Waals surface area contributed by atoms with Crippen molar-refractivity contribution in [2.75, 3.05) is 19.5 Å². The Balaban J connectivity index is 1.55. The van der Waals surface area contributed by atoms with E-state index < -0.39 is 12.2 Å². The molecule has 0 unspecified atom stereocenters. The van der Waals surface area contributed by atoms with Gasteiger partial charge in [-0.1, -0.05) is 6.07 Å². The van der Waals surface area contributed by atoms with Crippen LogP contribution in [0.4, 0.5) is 14.5 Å². The van der Waals surface area contributed by atoms with Crippen molar-refractivity contribution >= 4 is 22.9 Å². The summed E-state index contributed by atoms with van der Waals surface area (Å²) in [5.41, 5.74) is 1.11. The number of hydrogen-bond donors (Lipinski definition) is 1. The van der Waals surface area contributed by atoms with Crippen molar-refractivity contribution in [2.45, 2.75) is 6.29 Å². The van der Waals surface area contributed by atoms with E-state index in [0.717, 1.165) is 0 Å². The van der Waals surface area contributed by atoms with Crippen LogP contribution in [0.25, 0.3) is 10.6 Å². The average molecular weight is 420 g/mol. The Morgan fingerprint density at radius 3 is 2.69 bits per heavy atom. The third-order valence-electron chi connectivity index (χ3n) is 4.03. The van der Waals surface area contributed by atoms with Crippen molar-refractivity contribution in [1.29, 1.82) is 0 Å². The van der Waals surface area contributed by atoms with E-state index in [0.29, 0.717) is 22.1 Å². The third kappa shape index (κ3) is 3.66. The fourth-order valence-electron chi connectivity index (χ4n) is 2.78. The maximum Gasteiger partial charge on any atom is 0.586 e. The van der Waals surface area contributed by atoms with Gasteiger partial charge in [-0.15, -0.1) is 20.1 Å². The van der Waals surface area contributed by atoms with Crippen LogP contribution >= 0.6 is 11.3 Å². The number of alkyl halides is 2. The number of rotatable bonds is 5. The Hall–Kier alpha value is -3.40. The summed E-state index contributed by atoms with van der Waals surface area (Å²) in [4.78, 5) is 16.9. The number of nitrogens with zero attached hydrogens (tertiary/aromatic N) is 1. The molecule has 0 atom stereocenters. The van der Waals surface area contributed by atoms with Crippen LogP contribution in [0.15, 0.2) is 41.8 Å². The topological polar surface area (TPSA) is 78.9 Å². The summed E-state index contributed by atoms with van der Waals surface area (Å²) in [5, 5.41) is 4.75. The lowest BCUT2D eigenvalue weighted by molar-refractivity contribution is -0.286. The minimum absolute atomic E-state index is 0.103. The van der Waals surface area contributed by atoms with Crippen LogP contribution in [0.1, 0.15) is 10.5 Å². The molecular formula is C19H14F2N2O5S. The van der Waals surface area contributed by atoms with Crippen molar-refractivity contribution in [3.63, 3.8) is 0 Å². The molecule has 3 aromatic rings. The molecule has 29 heavy (non-hydrogen) atoms. The number of fused-ring (bicyclic) bond motifs is 1. The molecule has 10 heteroatoms. The largest absolute Gasteiger partial charge is 0.586 e. The molecule has 0 bridgehead atoms. The summed E-state index contributed by atoms with van der Waals surface area (Å²) >= 11 is 1.26. The lowest BCUT2D eigenvalue weighted by Crippen LogP contribution is -2.25. The van der Waals surface area contributed by atoms with E-state index in [1.54, 1.807) is 23.6 Å². The predicted octanol–water partition coefficient (Wildman–Crippen LogP) is 4.40. The van der Waals surface area contributed by atoms with Gasteiger partial charge in [0.25, 0.3) is 5.91 Å². The van der Waals surface area contributed by atoms with E-state index >= 15 is 0 Å². The number of benzene rings is 2. The summed E-state index contributed by atoms with van der Waals surface area (Å²) in [5.74, 6) is 0.290. The van der Waals surface area contributed by atoms with Gasteiger partial charge in [0.05, 0.1) is 19.8 Å². The first-order chi connectivity index (χ1) is 13.9. The van der Waals surface area contributed by atoms with Gasteiger partial charge in [0, 0.05) is 17.1 Å². The van der Waals surface area contributed by atoms with Crippen LogP contribution in [0.5, 0.6) is 23.0 Å². The number of para-hydroxylation sites is 1. The number of methoxy groups -OCH3 is 2. The average Bonchev–Trinajstić information content (AvgIpc) is 3.30. The lowest BCUT2D eigenvalue weighted by Gasteiger charge is -2.10. The van der Waals surface area contributed by atoms with Crippen molar-refractivity contribution in [2.24, 2.45) is 0 Å². The smallest absolute Gasteiger partial charge is 0.493 e. The second kappa shape index (κ2) is 7.21. The van der Waals surface area contributed by atoms with E-state index in [9.17, 15) is 13.6 Å². The normalized spacial score (nSPS) is 13.8. The van der Waals surface area contributed by atoms with Crippen LogP contribution in [0, 0.1) is 0 Å². The van der Waals surface area contributed by atoms with Gasteiger partial charge in [0.15, 0.2) is 23.0 Å². The van der Waals surface area contributed by atoms with Crippen molar-refractivity contribution < 1.29 is 32.5 Å². The number of carbonyl (C=O) groups excluding carboxylic acids is 1. The quantitative estimate of drug-likeness (QED) is 0.659. The molecule has 7 nitrogen and oxygen atoms in total. The standard InChI is InChI=1S/C19H14F2N2O5S/c1-25-14-5-3-4-11(16(14)26-2)18-23-12(9-29-18)17(24)22-10-6-7-13-15(8-10)28-19(20,21)27-13/h3-9H,1-2H3,(H,22,24). The van der Waals surface area contributed by atoms with Gasteiger partial charge >= 0.3 is 6.29 Å². The summed E-state index contributed by atoms with van der Waals surface area (Å²) in [6, 6.07) is 9.33. The van der Waals surface area contributed by atoms with Gasteiger partial charge in [-0.2, -0.15) is 0 Å². The van der Waals surface area contributed by atoms with Crippen molar-refractivity contribution in [3.05, 3.63) is 47.5 Å². The first kappa shape index (κ1) is 18.9. The number of hydrogen-bond acceptors (Lipinski definition) is 7. The maximum absolute atomic E-state index is 13.1. The van der Waals surface area contributed by atoms with Gasteiger partial charge in [-0.25, -0.2) is 4.98 Å². The molecule has 4 rings (SSSR count). The Morgan fingerprint density at radius 2 is 1.93 bits per heavy atom. The van der Waals surface area contributed by atoms with Gasteiger partial charge < -0.3 is 24.3 Å². The van der Waals surface area contributed by atoms with Crippen LogP contribution in [0.3, 0.4) is 0 Å². The number of carbonyl (C=O) groups is 1. The number of anilines is 1. The van der Waals surface area contributed by atoms with Crippen LogP contribution in [-0.4, -0.2) is 31.4 Å². The molecule has 1 N–H and O–H groups in total. The monoisotopic (exact) mass is 420 g/mol. The minimum Gasteiger partial charge on any atom is -0.493 e. The zero-order valence-corrected chi connectivity index (χ0v) is 16.0. The first-order valence-electron chi connectivity index (χ1n) is 8.28. The highest BCUT2D eigenvalue weighted by Crippen LogP contribution is 2.42. The molecule has 2 heterocycles. The molecule has 0 saturated carbocycles. The van der Waals surface area contributed by atoms with E-state index in [1.165, 1.54) is 43.8 Å². The van der Waals surface area contributed by atoms with Crippen LogP contribution in [0.2, 0.25) is 0 Å². The molecule has 0 aliphatic carbocycles. The number of halogens is 2. The molecular weight excluding hydrogens is 406 g/mol. The van der Waals surface area contributed by atoms with Gasteiger partial charge in [0.1, 0.15) is 10.7 Å². The molecule has 0 radical (unpaired) electrons. The molecule has 0 spiro atoms. The summed E-state index contributed by atoms with van der Waals surface area (Å²) in [6.07, 6.45) is -3.72. The van der Waals surface area contributed by atoms with E-state index in [2.05, 4.69) is 19.8 Å². The molecule has 150 valence electrons. The Kier molecular flexibility index (Phi) is 4.71. The summed E-state index contributed by atoms with van der Waals surface area (Å²) in [7, 11) is 3.05. The molecule has 1 aliphatic heterocycles. The molecule has 1 aromatic heterocycles. The zero-order valence-electron chi connectivity index (χ0n) is 15.2. The fourth-order valence-corrected chi connectivity index (χ4v) is 3.60. The Morgan fingerprint density at radius 1 is 1.14 bits per heavy atom. The second-order valence-electron chi connectivity index (χ2n) is 5.86. The summed E-state index contributed by atoms with van der Waals surface area (Å²) < 4.78 is 45.6. The van der Waals surface area contributed by atoms with E-state index in [1.807, 2.05) is 0 Å². The lowest BCUT2D eigenvalue weighted by atomic mass is 10.2. The molecule has 1 aliphatic rings. The molecule has 0 fully saturated rings. The highest BCUT2D eigenvalue weighted by molar-refractivity contribution is 7.13. The number of ether oxygens (including phenoxy) is 4. The number of aromatic nitrogens is 1. The maximum atomic E-state index is 13.1. The zero-order chi connectivity index (χ0) is 20.6.